The fourth-order valence-corrected chi connectivity index (χ4v) is 1.42. The zero-order chi connectivity index (χ0) is 13.5. The van der Waals surface area contributed by atoms with Gasteiger partial charge in [-0.1, -0.05) is 13.8 Å². The number of rotatable bonds is 6. The lowest BCUT2D eigenvalue weighted by Gasteiger charge is -2.20. The van der Waals surface area contributed by atoms with Crippen LogP contribution in [-0.2, 0) is 9.53 Å². The van der Waals surface area contributed by atoms with E-state index in [1.165, 1.54) is 13.3 Å². The first-order valence-electron chi connectivity index (χ1n) is 5.87. The summed E-state index contributed by atoms with van der Waals surface area (Å²) in [5, 5.41) is 3.00. The SMILES string of the molecule is CCOc1cncc(NC(C(=O)OC)C(C)C)n1. The Morgan fingerprint density at radius 1 is 1.44 bits per heavy atom. The molecule has 0 bridgehead atoms. The standard InChI is InChI=1S/C12H19N3O3/c1-5-18-10-7-13-6-9(14-10)15-11(8(2)3)12(16)17-4/h6-8,11H,5H2,1-4H3,(H,14,15). The van der Waals surface area contributed by atoms with Crippen LogP contribution in [0.4, 0.5) is 5.82 Å². The lowest BCUT2D eigenvalue weighted by atomic mass is 10.1. The largest absolute Gasteiger partial charge is 0.477 e. The molecule has 1 rings (SSSR count). The molecule has 0 saturated carbocycles. The van der Waals surface area contributed by atoms with Crippen LogP contribution in [0.15, 0.2) is 12.4 Å². The summed E-state index contributed by atoms with van der Waals surface area (Å²) in [6, 6.07) is -0.457. The van der Waals surface area contributed by atoms with Crippen LogP contribution >= 0.6 is 0 Å². The summed E-state index contributed by atoms with van der Waals surface area (Å²) < 4.78 is 9.99. The lowest BCUT2D eigenvalue weighted by molar-refractivity contribution is -0.142. The summed E-state index contributed by atoms with van der Waals surface area (Å²) in [7, 11) is 1.36. The van der Waals surface area contributed by atoms with Gasteiger partial charge in [0, 0.05) is 0 Å². The molecule has 0 radical (unpaired) electrons. The Morgan fingerprint density at radius 3 is 2.72 bits per heavy atom. The Labute approximate surface area is 107 Å². The highest BCUT2D eigenvalue weighted by molar-refractivity contribution is 5.79. The molecule has 0 amide bonds. The molecule has 0 spiro atoms. The van der Waals surface area contributed by atoms with Gasteiger partial charge in [-0.05, 0) is 12.8 Å². The van der Waals surface area contributed by atoms with Gasteiger partial charge in [0.25, 0.3) is 0 Å². The molecule has 1 unspecified atom stereocenters. The van der Waals surface area contributed by atoms with Crippen LogP contribution in [0.1, 0.15) is 20.8 Å². The van der Waals surface area contributed by atoms with Crippen LogP contribution in [0, 0.1) is 5.92 Å². The van der Waals surface area contributed by atoms with Gasteiger partial charge in [-0.2, -0.15) is 4.98 Å². The number of nitrogens with one attached hydrogen (secondary N) is 1. The molecule has 0 aliphatic rings. The van der Waals surface area contributed by atoms with Crippen LogP contribution in [0.3, 0.4) is 0 Å². The molecule has 0 aliphatic heterocycles. The lowest BCUT2D eigenvalue weighted by Crippen LogP contribution is -2.35. The predicted molar refractivity (Wildman–Crippen MR) is 67.5 cm³/mol. The van der Waals surface area contributed by atoms with Gasteiger partial charge in [0.1, 0.15) is 11.9 Å². The van der Waals surface area contributed by atoms with Gasteiger partial charge in [-0.15, -0.1) is 0 Å². The summed E-state index contributed by atoms with van der Waals surface area (Å²) in [5.74, 6) is 0.670. The molecule has 1 aromatic heterocycles. The fourth-order valence-electron chi connectivity index (χ4n) is 1.42. The van der Waals surface area contributed by atoms with E-state index in [-0.39, 0.29) is 11.9 Å². The number of ether oxygens (including phenoxy) is 2. The maximum absolute atomic E-state index is 11.6. The van der Waals surface area contributed by atoms with Gasteiger partial charge in [-0.3, -0.25) is 4.98 Å². The second-order valence-corrected chi connectivity index (χ2v) is 4.06. The van der Waals surface area contributed by atoms with E-state index in [1.807, 2.05) is 20.8 Å². The Balaban J connectivity index is 2.80. The number of hydrogen-bond acceptors (Lipinski definition) is 6. The maximum atomic E-state index is 11.6. The number of anilines is 1. The number of hydrogen-bond donors (Lipinski definition) is 1. The average Bonchev–Trinajstić information content (AvgIpc) is 2.35. The van der Waals surface area contributed by atoms with Crippen molar-refractivity contribution in [3.8, 4) is 5.88 Å². The molecule has 100 valence electrons. The van der Waals surface area contributed by atoms with E-state index in [2.05, 4.69) is 15.3 Å². The van der Waals surface area contributed by atoms with Crippen LogP contribution in [-0.4, -0.2) is 35.7 Å². The smallest absolute Gasteiger partial charge is 0.328 e. The van der Waals surface area contributed by atoms with Crippen molar-refractivity contribution in [2.75, 3.05) is 19.0 Å². The van der Waals surface area contributed by atoms with Crippen LogP contribution in [0.25, 0.3) is 0 Å². The number of carbonyl (C=O) groups is 1. The summed E-state index contributed by atoms with van der Waals surface area (Å²) >= 11 is 0. The Kier molecular flexibility index (Phi) is 5.35. The molecule has 1 heterocycles. The summed E-state index contributed by atoms with van der Waals surface area (Å²) in [6.07, 6.45) is 3.07. The highest BCUT2D eigenvalue weighted by atomic mass is 16.5. The minimum Gasteiger partial charge on any atom is -0.477 e. The van der Waals surface area contributed by atoms with E-state index >= 15 is 0 Å². The number of methoxy groups -OCH3 is 1. The number of nitrogens with zero attached hydrogens (tertiary/aromatic N) is 2. The zero-order valence-electron chi connectivity index (χ0n) is 11.1. The highest BCUT2D eigenvalue weighted by Crippen LogP contribution is 2.14. The molecule has 0 fully saturated rings. The number of esters is 1. The molecule has 18 heavy (non-hydrogen) atoms. The summed E-state index contributed by atoms with van der Waals surface area (Å²) in [4.78, 5) is 19.8. The summed E-state index contributed by atoms with van der Waals surface area (Å²) in [5.41, 5.74) is 0. The zero-order valence-corrected chi connectivity index (χ0v) is 11.1. The van der Waals surface area contributed by atoms with E-state index in [4.69, 9.17) is 9.47 Å². The van der Waals surface area contributed by atoms with E-state index < -0.39 is 6.04 Å². The van der Waals surface area contributed by atoms with E-state index in [1.54, 1.807) is 6.20 Å². The van der Waals surface area contributed by atoms with Gasteiger partial charge in [0.05, 0.1) is 26.1 Å². The van der Waals surface area contributed by atoms with Crippen molar-refractivity contribution in [2.45, 2.75) is 26.8 Å². The van der Waals surface area contributed by atoms with Crippen molar-refractivity contribution in [1.82, 2.24) is 9.97 Å². The molecule has 6 heteroatoms. The first-order valence-corrected chi connectivity index (χ1v) is 5.87. The van der Waals surface area contributed by atoms with Crippen molar-refractivity contribution >= 4 is 11.8 Å². The van der Waals surface area contributed by atoms with Crippen molar-refractivity contribution in [2.24, 2.45) is 5.92 Å². The average molecular weight is 253 g/mol. The topological polar surface area (TPSA) is 73.3 Å². The number of aromatic nitrogens is 2. The number of carbonyl (C=O) groups excluding carboxylic acids is 1. The summed E-state index contributed by atoms with van der Waals surface area (Å²) in [6.45, 7) is 6.23. The molecule has 0 aromatic carbocycles. The minimum atomic E-state index is -0.457. The Bertz CT molecular complexity index is 396. The third-order valence-corrected chi connectivity index (χ3v) is 2.33. The van der Waals surface area contributed by atoms with Gasteiger partial charge < -0.3 is 14.8 Å². The van der Waals surface area contributed by atoms with Gasteiger partial charge in [0.2, 0.25) is 5.88 Å². The van der Waals surface area contributed by atoms with Crippen molar-refractivity contribution in [3.63, 3.8) is 0 Å². The molecule has 0 saturated heterocycles. The minimum absolute atomic E-state index is 0.0787. The van der Waals surface area contributed by atoms with Gasteiger partial charge >= 0.3 is 5.97 Å². The molecule has 1 aromatic rings. The van der Waals surface area contributed by atoms with E-state index in [0.717, 1.165) is 0 Å². The van der Waals surface area contributed by atoms with Crippen molar-refractivity contribution in [3.05, 3.63) is 12.4 Å². The van der Waals surface area contributed by atoms with Crippen LogP contribution < -0.4 is 10.1 Å². The highest BCUT2D eigenvalue weighted by Gasteiger charge is 2.23. The van der Waals surface area contributed by atoms with Gasteiger partial charge in [0.15, 0.2) is 0 Å². The first-order chi connectivity index (χ1) is 8.58. The van der Waals surface area contributed by atoms with E-state index in [0.29, 0.717) is 18.3 Å². The van der Waals surface area contributed by atoms with Crippen molar-refractivity contribution < 1.29 is 14.3 Å². The third kappa shape index (κ3) is 3.87. The van der Waals surface area contributed by atoms with Gasteiger partial charge in [-0.25, -0.2) is 4.79 Å². The quantitative estimate of drug-likeness (QED) is 0.774. The maximum Gasteiger partial charge on any atom is 0.328 e. The predicted octanol–water partition coefficient (Wildman–Crippen LogP) is 1.48. The van der Waals surface area contributed by atoms with Crippen LogP contribution in [0.2, 0.25) is 0 Å². The normalized spacial score (nSPS) is 12.1. The van der Waals surface area contributed by atoms with E-state index in [9.17, 15) is 4.79 Å². The van der Waals surface area contributed by atoms with Crippen molar-refractivity contribution in [1.29, 1.82) is 0 Å². The molecule has 0 aliphatic carbocycles. The Morgan fingerprint density at radius 2 is 2.17 bits per heavy atom. The second-order valence-electron chi connectivity index (χ2n) is 4.06. The fraction of sp³-hybridized carbons (Fsp3) is 0.583. The molecular weight excluding hydrogens is 234 g/mol. The molecule has 1 atom stereocenters. The molecular formula is C12H19N3O3. The monoisotopic (exact) mass is 253 g/mol. The second kappa shape index (κ2) is 6.78. The van der Waals surface area contributed by atoms with Crippen LogP contribution in [0.5, 0.6) is 5.88 Å². The Hall–Kier alpha value is -1.85. The molecule has 1 N–H and O–H groups in total. The molecule has 6 nitrogen and oxygen atoms in total. The first kappa shape index (κ1) is 14.2. The third-order valence-electron chi connectivity index (χ3n) is 2.33.